The number of amides is 1. The van der Waals surface area contributed by atoms with Gasteiger partial charge in [0.1, 0.15) is 6.26 Å². The van der Waals surface area contributed by atoms with Gasteiger partial charge in [0.15, 0.2) is 5.69 Å². The van der Waals surface area contributed by atoms with E-state index in [1.54, 1.807) is 12.1 Å². The van der Waals surface area contributed by atoms with Crippen molar-refractivity contribution >= 4 is 11.6 Å². The van der Waals surface area contributed by atoms with E-state index in [9.17, 15) is 18.0 Å². The van der Waals surface area contributed by atoms with Crippen molar-refractivity contribution in [3.8, 4) is 11.5 Å². The summed E-state index contributed by atoms with van der Waals surface area (Å²) >= 11 is 0. The molecule has 0 aliphatic rings. The number of alkyl halides is 3. The average molecular weight is 360 g/mol. The van der Waals surface area contributed by atoms with Crippen LogP contribution in [-0.2, 0) is 6.18 Å². The Labute approximate surface area is 147 Å². The second-order valence-corrected chi connectivity index (χ2v) is 5.50. The zero-order valence-corrected chi connectivity index (χ0v) is 13.8. The Bertz CT molecular complexity index is 887. The summed E-state index contributed by atoms with van der Waals surface area (Å²) in [4.78, 5) is 18.3. The first-order valence-electron chi connectivity index (χ1n) is 7.90. The van der Waals surface area contributed by atoms with Crippen molar-refractivity contribution in [2.24, 2.45) is 0 Å². The number of benzene rings is 2. The molecule has 4 nitrogen and oxygen atoms in total. The number of hydrogen-bond donors (Lipinski definition) is 0. The highest BCUT2D eigenvalue weighted by Gasteiger charge is 2.30. The van der Waals surface area contributed by atoms with Gasteiger partial charge in [0.2, 0.25) is 5.89 Å². The smallest absolute Gasteiger partial charge is 0.416 e. The van der Waals surface area contributed by atoms with Crippen LogP contribution in [0.3, 0.4) is 0 Å². The van der Waals surface area contributed by atoms with Crippen molar-refractivity contribution in [3.63, 3.8) is 0 Å². The quantitative estimate of drug-likeness (QED) is 0.656. The van der Waals surface area contributed by atoms with Crippen molar-refractivity contribution < 1.29 is 22.4 Å². The van der Waals surface area contributed by atoms with Gasteiger partial charge in [-0.05, 0) is 43.3 Å². The zero-order valence-electron chi connectivity index (χ0n) is 13.8. The maximum atomic E-state index is 12.7. The Kier molecular flexibility index (Phi) is 4.79. The van der Waals surface area contributed by atoms with Crippen LogP contribution in [0.1, 0.15) is 23.0 Å². The van der Waals surface area contributed by atoms with E-state index in [0.717, 1.165) is 17.8 Å². The van der Waals surface area contributed by atoms with Crippen LogP contribution in [0.25, 0.3) is 11.5 Å². The SMILES string of the molecule is CCN(C(=O)c1coc(-c2ccc(C(F)(F)F)cc2)n1)c1ccccc1. The summed E-state index contributed by atoms with van der Waals surface area (Å²) < 4.78 is 43.2. The summed E-state index contributed by atoms with van der Waals surface area (Å²) in [5, 5.41) is 0. The summed E-state index contributed by atoms with van der Waals surface area (Å²) in [6, 6.07) is 13.5. The van der Waals surface area contributed by atoms with Gasteiger partial charge < -0.3 is 9.32 Å². The van der Waals surface area contributed by atoms with Crippen LogP contribution in [0, 0.1) is 0 Å². The molecule has 0 saturated carbocycles. The number of hydrogen-bond acceptors (Lipinski definition) is 3. The fraction of sp³-hybridized carbons (Fsp3) is 0.158. The molecule has 0 bridgehead atoms. The Hall–Kier alpha value is -3.09. The molecule has 1 aromatic heterocycles. The number of oxazole rings is 1. The van der Waals surface area contributed by atoms with E-state index < -0.39 is 11.7 Å². The standard InChI is InChI=1S/C19H15F3N2O2/c1-2-24(15-6-4-3-5-7-15)18(25)16-12-26-17(23-16)13-8-10-14(11-9-13)19(20,21)22/h3-12H,2H2,1H3. The van der Waals surface area contributed by atoms with Crippen molar-refractivity contribution in [2.75, 3.05) is 11.4 Å². The first kappa shape index (κ1) is 17.7. The van der Waals surface area contributed by atoms with Crippen molar-refractivity contribution in [3.05, 3.63) is 72.1 Å². The maximum Gasteiger partial charge on any atom is 0.416 e. The van der Waals surface area contributed by atoms with Crippen LogP contribution in [0.5, 0.6) is 0 Å². The molecular formula is C19H15F3N2O2. The third kappa shape index (κ3) is 3.61. The Balaban J connectivity index is 1.84. The number of aromatic nitrogens is 1. The fourth-order valence-electron chi connectivity index (χ4n) is 2.50. The lowest BCUT2D eigenvalue weighted by molar-refractivity contribution is -0.137. The summed E-state index contributed by atoms with van der Waals surface area (Å²) in [6.45, 7) is 2.27. The average Bonchev–Trinajstić information content (AvgIpc) is 3.13. The van der Waals surface area contributed by atoms with E-state index in [4.69, 9.17) is 4.42 Å². The number of para-hydroxylation sites is 1. The van der Waals surface area contributed by atoms with Crippen molar-refractivity contribution in [1.29, 1.82) is 0 Å². The molecule has 1 amide bonds. The number of nitrogens with zero attached hydrogens (tertiary/aromatic N) is 2. The molecule has 0 atom stereocenters. The second kappa shape index (κ2) is 7.03. The summed E-state index contributed by atoms with van der Waals surface area (Å²) in [7, 11) is 0. The highest BCUT2D eigenvalue weighted by atomic mass is 19.4. The fourth-order valence-corrected chi connectivity index (χ4v) is 2.50. The number of carbonyl (C=O) groups is 1. The Morgan fingerprint density at radius 3 is 2.31 bits per heavy atom. The third-order valence-electron chi connectivity index (χ3n) is 3.81. The van der Waals surface area contributed by atoms with Crippen LogP contribution in [0.15, 0.2) is 65.3 Å². The van der Waals surface area contributed by atoms with E-state index in [2.05, 4.69) is 4.98 Å². The van der Waals surface area contributed by atoms with Gasteiger partial charge in [-0.1, -0.05) is 18.2 Å². The van der Waals surface area contributed by atoms with Gasteiger partial charge in [-0.15, -0.1) is 0 Å². The van der Waals surface area contributed by atoms with E-state index in [-0.39, 0.29) is 17.5 Å². The molecule has 7 heteroatoms. The summed E-state index contributed by atoms with van der Waals surface area (Å²) in [6.07, 6.45) is -3.20. The van der Waals surface area contributed by atoms with E-state index in [1.807, 2.05) is 25.1 Å². The molecule has 0 radical (unpaired) electrons. The minimum Gasteiger partial charge on any atom is -0.444 e. The lowest BCUT2D eigenvalue weighted by atomic mass is 10.1. The van der Waals surface area contributed by atoms with Gasteiger partial charge in [0.05, 0.1) is 5.56 Å². The number of halogens is 3. The van der Waals surface area contributed by atoms with Gasteiger partial charge in [-0.3, -0.25) is 4.79 Å². The topological polar surface area (TPSA) is 46.3 Å². The molecule has 134 valence electrons. The third-order valence-corrected chi connectivity index (χ3v) is 3.81. The molecule has 3 rings (SSSR count). The van der Waals surface area contributed by atoms with Gasteiger partial charge in [-0.2, -0.15) is 13.2 Å². The summed E-state index contributed by atoms with van der Waals surface area (Å²) in [5.41, 5.74) is 0.412. The van der Waals surface area contributed by atoms with Crippen LogP contribution < -0.4 is 4.90 Å². The monoisotopic (exact) mass is 360 g/mol. The molecule has 0 aliphatic heterocycles. The van der Waals surface area contributed by atoms with Gasteiger partial charge in [0, 0.05) is 17.8 Å². The number of rotatable bonds is 4. The summed E-state index contributed by atoms with van der Waals surface area (Å²) in [5.74, 6) is -0.258. The zero-order chi connectivity index (χ0) is 18.7. The number of carbonyl (C=O) groups excluding carboxylic acids is 1. The van der Waals surface area contributed by atoms with Crippen LogP contribution in [0.4, 0.5) is 18.9 Å². The first-order chi connectivity index (χ1) is 12.4. The molecule has 0 spiro atoms. The molecule has 2 aromatic carbocycles. The number of anilines is 1. The molecule has 3 aromatic rings. The molecular weight excluding hydrogens is 345 g/mol. The highest BCUT2D eigenvalue weighted by molar-refractivity contribution is 6.04. The first-order valence-corrected chi connectivity index (χ1v) is 7.90. The molecule has 0 aliphatic carbocycles. The highest BCUT2D eigenvalue weighted by Crippen LogP contribution is 2.31. The molecule has 0 unspecified atom stereocenters. The van der Waals surface area contributed by atoms with Crippen LogP contribution >= 0.6 is 0 Å². The van der Waals surface area contributed by atoms with E-state index in [0.29, 0.717) is 12.1 Å². The second-order valence-electron chi connectivity index (χ2n) is 5.50. The van der Waals surface area contributed by atoms with Crippen molar-refractivity contribution in [1.82, 2.24) is 4.98 Å². The van der Waals surface area contributed by atoms with Gasteiger partial charge >= 0.3 is 6.18 Å². The Morgan fingerprint density at radius 1 is 1.08 bits per heavy atom. The molecule has 0 saturated heterocycles. The van der Waals surface area contributed by atoms with E-state index >= 15 is 0 Å². The van der Waals surface area contributed by atoms with E-state index in [1.165, 1.54) is 23.3 Å². The predicted molar refractivity (Wildman–Crippen MR) is 90.7 cm³/mol. The van der Waals surface area contributed by atoms with Crippen LogP contribution in [0.2, 0.25) is 0 Å². The lowest BCUT2D eigenvalue weighted by Crippen LogP contribution is -2.30. The minimum absolute atomic E-state index is 0.0885. The molecule has 0 N–H and O–H groups in total. The van der Waals surface area contributed by atoms with Gasteiger partial charge in [-0.25, -0.2) is 4.98 Å². The largest absolute Gasteiger partial charge is 0.444 e. The van der Waals surface area contributed by atoms with Gasteiger partial charge in [0.25, 0.3) is 5.91 Å². The van der Waals surface area contributed by atoms with Crippen LogP contribution in [-0.4, -0.2) is 17.4 Å². The predicted octanol–water partition coefficient (Wildman–Crippen LogP) is 5.03. The van der Waals surface area contributed by atoms with Crippen molar-refractivity contribution in [2.45, 2.75) is 13.1 Å². The molecule has 1 heterocycles. The minimum atomic E-state index is -4.41. The molecule has 0 fully saturated rings. The Morgan fingerprint density at radius 2 is 1.73 bits per heavy atom. The normalized spacial score (nSPS) is 11.4. The molecule has 26 heavy (non-hydrogen) atoms. The lowest BCUT2D eigenvalue weighted by Gasteiger charge is -2.19. The maximum absolute atomic E-state index is 12.7.